The Balaban J connectivity index is 1.68. The second-order valence-corrected chi connectivity index (χ2v) is 11.5. The number of aliphatic hydroxyl groups excluding tert-OH is 2. The van der Waals surface area contributed by atoms with Crippen LogP contribution in [0.5, 0.6) is 0 Å². The molecule has 12 heteroatoms. The van der Waals surface area contributed by atoms with Crippen molar-refractivity contribution in [2.24, 2.45) is 0 Å². The zero-order valence-corrected chi connectivity index (χ0v) is 22.5. The number of aromatic nitrogens is 2. The van der Waals surface area contributed by atoms with Crippen LogP contribution in [0.25, 0.3) is 0 Å². The zero-order chi connectivity index (χ0) is 26.2. The molecule has 1 aromatic rings. The largest absolute Gasteiger partial charge is 0.396 e. The van der Waals surface area contributed by atoms with Crippen molar-refractivity contribution in [2.75, 3.05) is 51.0 Å². The van der Waals surface area contributed by atoms with Crippen LogP contribution >= 0.6 is 7.60 Å². The Labute approximate surface area is 213 Å². The Morgan fingerprint density at radius 1 is 1.00 bits per heavy atom. The maximum absolute atomic E-state index is 13.1. The topological polar surface area (TPSA) is 166 Å². The summed E-state index contributed by atoms with van der Waals surface area (Å²) in [6.07, 6.45) is 10.3. The van der Waals surface area contributed by atoms with E-state index in [-0.39, 0.29) is 37.9 Å². The highest BCUT2D eigenvalue weighted by Gasteiger charge is 2.28. The Bertz CT molecular complexity index is 907. The summed E-state index contributed by atoms with van der Waals surface area (Å²) in [6, 6.07) is -0.322. The van der Waals surface area contributed by atoms with Crippen LogP contribution in [-0.4, -0.2) is 71.9 Å². The van der Waals surface area contributed by atoms with Crippen molar-refractivity contribution in [1.82, 2.24) is 15.3 Å². The van der Waals surface area contributed by atoms with E-state index in [0.29, 0.717) is 37.5 Å². The highest BCUT2D eigenvalue weighted by molar-refractivity contribution is 7.53. The summed E-state index contributed by atoms with van der Waals surface area (Å²) in [5.74, 6) is -0.125. The first-order valence-corrected chi connectivity index (χ1v) is 15.1. The van der Waals surface area contributed by atoms with Gasteiger partial charge in [-0.25, -0.2) is 4.79 Å². The molecule has 1 aliphatic heterocycles. The van der Waals surface area contributed by atoms with Crippen LogP contribution in [0.4, 0.5) is 5.69 Å². The number of hydrogen-bond donors (Lipinski definition) is 6. The van der Waals surface area contributed by atoms with E-state index in [4.69, 9.17) is 14.2 Å². The molecule has 2 unspecified atom stereocenters. The fourth-order valence-corrected chi connectivity index (χ4v) is 6.15. The summed E-state index contributed by atoms with van der Waals surface area (Å²) in [5, 5.41) is 24.9. The van der Waals surface area contributed by atoms with E-state index >= 15 is 0 Å². The van der Waals surface area contributed by atoms with Gasteiger partial charge in [-0.1, -0.05) is 44.9 Å². The van der Waals surface area contributed by atoms with Gasteiger partial charge in [-0.15, -0.1) is 0 Å². The van der Waals surface area contributed by atoms with Crippen molar-refractivity contribution in [1.29, 1.82) is 0 Å². The molecule has 0 amide bonds. The van der Waals surface area contributed by atoms with Gasteiger partial charge in [0.25, 0.3) is 5.56 Å². The highest BCUT2D eigenvalue weighted by Crippen LogP contribution is 2.49. The second-order valence-electron chi connectivity index (χ2n) is 9.34. The number of fused-ring (bicyclic) bond motifs is 1. The molecule has 0 radical (unpaired) electrons. The number of unbranched alkanes of at least 4 members (excludes halogenated alkanes) is 8. The second kappa shape index (κ2) is 17.1. The van der Waals surface area contributed by atoms with E-state index in [2.05, 4.69) is 20.6 Å². The van der Waals surface area contributed by atoms with Crippen LogP contribution < -0.4 is 21.9 Å². The molecule has 0 bridgehead atoms. The van der Waals surface area contributed by atoms with Gasteiger partial charge >= 0.3 is 13.3 Å². The average molecular weight is 533 g/mol. The first-order valence-electron chi connectivity index (χ1n) is 13.4. The fraction of sp³-hybridized carbons (Fsp3) is 0.833. The number of nitrogens with one attached hydrogen (secondary N) is 4. The molecule has 11 nitrogen and oxygen atoms in total. The third kappa shape index (κ3) is 10.9. The van der Waals surface area contributed by atoms with Gasteiger partial charge in [0.2, 0.25) is 0 Å². The minimum absolute atomic E-state index is 0.125. The molecule has 1 aromatic heterocycles. The predicted octanol–water partition coefficient (Wildman–Crippen LogP) is 2.66. The molecule has 2 heterocycles. The molecule has 2 rings (SSSR count). The number of hydrogen-bond acceptors (Lipinski definition) is 9. The van der Waals surface area contributed by atoms with E-state index in [1.807, 2.05) is 0 Å². The van der Waals surface area contributed by atoms with E-state index in [1.54, 1.807) is 6.92 Å². The zero-order valence-electron chi connectivity index (χ0n) is 21.6. The lowest BCUT2D eigenvalue weighted by Crippen LogP contribution is -2.37. The molecule has 36 heavy (non-hydrogen) atoms. The summed E-state index contributed by atoms with van der Waals surface area (Å²) in [7, 11) is -3.26. The number of rotatable bonds is 21. The molecule has 0 fully saturated rings. The lowest BCUT2D eigenvalue weighted by Gasteiger charge is -2.22. The lowest BCUT2D eigenvalue weighted by molar-refractivity contribution is 0.201. The Morgan fingerprint density at radius 3 is 2.31 bits per heavy atom. The predicted molar refractivity (Wildman–Crippen MR) is 141 cm³/mol. The van der Waals surface area contributed by atoms with Gasteiger partial charge in [-0.3, -0.25) is 14.3 Å². The van der Waals surface area contributed by atoms with Crippen molar-refractivity contribution in [3.63, 3.8) is 0 Å². The van der Waals surface area contributed by atoms with Crippen molar-refractivity contribution in [2.45, 2.75) is 83.1 Å². The highest BCUT2D eigenvalue weighted by atomic mass is 31.2. The van der Waals surface area contributed by atoms with Crippen LogP contribution in [0.15, 0.2) is 9.59 Å². The maximum Gasteiger partial charge on any atom is 0.330 e. The number of aromatic amines is 2. The summed E-state index contributed by atoms with van der Waals surface area (Å²) in [4.78, 5) is 28.4. The Hall–Kier alpha value is -1.49. The van der Waals surface area contributed by atoms with Gasteiger partial charge in [0.05, 0.1) is 31.7 Å². The minimum Gasteiger partial charge on any atom is -0.396 e. The van der Waals surface area contributed by atoms with Crippen LogP contribution in [0, 0.1) is 0 Å². The summed E-state index contributed by atoms with van der Waals surface area (Å²) in [5.41, 5.74) is -0.0681. The molecular formula is C24H45N4O7P. The van der Waals surface area contributed by atoms with E-state index in [0.717, 1.165) is 32.1 Å². The van der Waals surface area contributed by atoms with Gasteiger partial charge < -0.3 is 34.9 Å². The maximum atomic E-state index is 13.1. The van der Waals surface area contributed by atoms with E-state index in [9.17, 15) is 19.3 Å². The van der Waals surface area contributed by atoms with Crippen LogP contribution in [-0.2, 0) is 13.6 Å². The normalized spacial score (nSPS) is 17.5. The third-order valence-corrected chi connectivity index (χ3v) is 8.48. The van der Waals surface area contributed by atoms with Gasteiger partial charge in [0.15, 0.2) is 0 Å². The quantitative estimate of drug-likeness (QED) is 0.103. The minimum atomic E-state index is -3.26. The van der Waals surface area contributed by atoms with Crippen molar-refractivity contribution >= 4 is 13.3 Å². The summed E-state index contributed by atoms with van der Waals surface area (Å²) >= 11 is 0. The fourth-order valence-electron chi connectivity index (χ4n) is 4.39. The molecule has 1 aliphatic rings. The van der Waals surface area contributed by atoms with Crippen molar-refractivity contribution in [3.05, 3.63) is 26.5 Å². The van der Waals surface area contributed by atoms with Crippen molar-refractivity contribution in [3.8, 4) is 0 Å². The monoisotopic (exact) mass is 532 g/mol. The SMILES string of the molecule is CCOP(=O)(CC[C@@H](CO)NCC1CNc2c1[nH]c(=O)[nH]c2=O)OCCCCCCCCCCCO. The number of H-pyrrole nitrogens is 2. The molecular weight excluding hydrogens is 487 g/mol. The van der Waals surface area contributed by atoms with Crippen LogP contribution in [0.2, 0.25) is 0 Å². The Kier molecular flexibility index (Phi) is 14.6. The first-order chi connectivity index (χ1) is 17.4. The average Bonchev–Trinajstić information content (AvgIpc) is 3.26. The van der Waals surface area contributed by atoms with E-state index < -0.39 is 18.8 Å². The van der Waals surface area contributed by atoms with Crippen LogP contribution in [0.1, 0.15) is 82.7 Å². The van der Waals surface area contributed by atoms with Gasteiger partial charge in [0.1, 0.15) is 5.69 Å². The van der Waals surface area contributed by atoms with Gasteiger partial charge in [-0.05, 0) is 26.2 Å². The van der Waals surface area contributed by atoms with Gasteiger partial charge in [0, 0.05) is 31.7 Å². The molecule has 0 spiro atoms. The van der Waals surface area contributed by atoms with Crippen LogP contribution in [0.3, 0.4) is 0 Å². The molecule has 0 saturated heterocycles. The molecule has 6 N–H and O–H groups in total. The molecule has 0 saturated carbocycles. The van der Waals surface area contributed by atoms with Gasteiger partial charge in [-0.2, -0.15) is 0 Å². The third-order valence-electron chi connectivity index (χ3n) is 6.45. The first kappa shape index (κ1) is 30.7. The standard InChI is InChI=1S/C24H45N4O7P/c1-2-34-36(33,35-14-11-9-7-5-3-4-6-8-10-13-29)15-12-20(18-30)25-16-19-17-26-22-21(19)27-24(32)28-23(22)31/h19-20,25-26,29-30H,2-18H2,1H3,(H2,27,28,31,32)/t19?,20-,36?/m0/s1. The molecule has 208 valence electrons. The molecule has 3 atom stereocenters. The summed E-state index contributed by atoms with van der Waals surface area (Å²) in [6.45, 7) is 3.52. The van der Waals surface area contributed by atoms with E-state index in [1.165, 1.54) is 25.7 Å². The lowest BCUT2D eigenvalue weighted by atomic mass is 10.1. The number of aliphatic hydroxyl groups is 2. The van der Waals surface area contributed by atoms with Crippen molar-refractivity contribution < 1.29 is 23.8 Å². The Morgan fingerprint density at radius 2 is 1.67 bits per heavy atom. The smallest absolute Gasteiger partial charge is 0.330 e. The molecule has 0 aromatic carbocycles. The summed E-state index contributed by atoms with van der Waals surface area (Å²) < 4.78 is 24.3. The molecule has 0 aliphatic carbocycles. The number of anilines is 1.